The highest BCUT2D eigenvalue weighted by Crippen LogP contribution is 2.49. The summed E-state index contributed by atoms with van der Waals surface area (Å²) in [6.07, 6.45) is 1.59. The van der Waals surface area contributed by atoms with Crippen molar-refractivity contribution in [1.29, 1.82) is 0 Å². The van der Waals surface area contributed by atoms with Crippen molar-refractivity contribution < 1.29 is 31.5 Å². The van der Waals surface area contributed by atoms with Crippen LogP contribution in [0.4, 0.5) is 20.2 Å². The largest absolute Gasteiger partial charge is 0.336 e. The molecular formula is C20H18F2N2O5S. The molecule has 3 heterocycles. The minimum atomic E-state index is -3.74. The SMILES string of the molecule is O=C1N(c2ccc(F)c(F)c2)c2ccc(S(=O)(=O)N3CCCC3)cc2C12OCCO2. The molecule has 0 aromatic heterocycles. The number of nitrogens with zero attached hydrogens (tertiary/aromatic N) is 2. The summed E-state index contributed by atoms with van der Waals surface area (Å²) in [5.74, 6) is -4.60. The first kappa shape index (κ1) is 19.6. The first-order valence-electron chi connectivity index (χ1n) is 9.57. The van der Waals surface area contributed by atoms with Crippen LogP contribution in [0.1, 0.15) is 18.4 Å². The summed E-state index contributed by atoms with van der Waals surface area (Å²) in [5.41, 5.74) is 0.620. The number of halogens is 2. The number of hydrogen-bond acceptors (Lipinski definition) is 5. The van der Waals surface area contributed by atoms with Gasteiger partial charge in [-0.05, 0) is 43.2 Å². The molecule has 0 radical (unpaired) electrons. The number of ether oxygens (including phenoxy) is 2. The van der Waals surface area contributed by atoms with E-state index in [4.69, 9.17) is 9.47 Å². The molecule has 3 aliphatic rings. The van der Waals surface area contributed by atoms with Gasteiger partial charge in [0.1, 0.15) is 0 Å². The molecule has 2 saturated heterocycles. The molecule has 0 aliphatic carbocycles. The van der Waals surface area contributed by atoms with Gasteiger partial charge in [0.15, 0.2) is 11.6 Å². The van der Waals surface area contributed by atoms with Crippen molar-refractivity contribution in [3.8, 4) is 0 Å². The Morgan fingerprint density at radius 2 is 1.63 bits per heavy atom. The van der Waals surface area contributed by atoms with Gasteiger partial charge in [0, 0.05) is 24.7 Å². The van der Waals surface area contributed by atoms with E-state index in [0.717, 1.165) is 29.9 Å². The number of anilines is 2. The number of hydrogen-bond donors (Lipinski definition) is 0. The van der Waals surface area contributed by atoms with Crippen molar-refractivity contribution in [1.82, 2.24) is 4.31 Å². The third-order valence-electron chi connectivity index (χ3n) is 5.61. The third-order valence-corrected chi connectivity index (χ3v) is 7.50. The highest BCUT2D eigenvalue weighted by atomic mass is 32.2. The first-order valence-corrected chi connectivity index (χ1v) is 11.0. The lowest BCUT2D eigenvalue weighted by Gasteiger charge is -2.22. The molecule has 0 atom stereocenters. The van der Waals surface area contributed by atoms with Gasteiger partial charge in [-0.3, -0.25) is 9.69 Å². The Morgan fingerprint density at radius 1 is 0.933 bits per heavy atom. The Bertz CT molecular complexity index is 1140. The van der Waals surface area contributed by atoms with Gasteiger partial charge in [-0.25, -0.2) is 17.2 Å². The standard InChI is InChI=1S/C20H18F2N2O5S/c21-16-5-3-13(11-17(16)22)24-18-6-4-14(30(26,27)23-7-1-2-8-23)12-15(18)20(19(24)25)28-9-10-29-20/h3-6,11-12H,1-2,7-10H2. The van der Waals surface area contributed by atoms with Gasteiger partial charge in [-0.2, -0.15) is 4.31 Å². The van der Waals surface area contributed by atoms with E-state index in [1.165, 1.54) is 28.6 Å². The fraction of sp³-hybridized carbons (Fsp3) is 0.350. The fourth-order valence-corrected chi connectivity index (χ4v) is 5.70. The minimum Gasteiger partial charge on any atom is -0.336 e. The monoisotopic (exact) mass is 436 g/mol. The molecule has 1 amide bonds. The van der Waals surface area contributed by atoms with Crippen molar-refractivity contribution in [2.45, 2.75) is 23.5 Å². The molecule has 30 heavy (non-hydrogen) atoms. The second-order valence-corrected chi connectivity index (χ2v) is 9.28. The van der Waals surface area contributed by atoms with Crippen molar-refractivity contribution in [3.05, 3.63) is 53.6 Å². The normalized spacial score (nSPS) is 21.0. The zero-order chi connectivity index (χ0) is 21.1. The van der Waals surface area contributed by atoms with E-state index >= 15 is 0 Å². The summed E-state index contributed by atoms with van der Waals surface area (Å²) in [6.45, 7) is 1.16. The van der Waals surface area contributed by atoms with Crippen molar-refractivity contribution in [2.75, 3.05) is 31.2 Å². The smallest absolute Gasteiger partial charge is 0.297 e. The molecule has 0 saturated carbocycles. The predicted octanol–water partition coefficient (Wildman–Crippen LogP) is 2.63. The zero-order valence-corrected chi connectivity index (χ0v) is 16.6. The van der Waals surface area contributed by atoms with Crippen LogP contribution in [0.25, 0.3) is 0 Å². The molecule has 3 aliphatic heterocycles. The van der Waals surface area contributed by atoms with Crippen LogP contribution in [0.15, 0.2) is 41.3 Å². The van der Waals surface area contributed by atoms with Gasteiger partial charge >= 0.3 is 0 Å². The van der Waals surface area contributed by atoms with Crippen molar-refractivity contribution in [3.63, 3.8) is 0 Å². The lowest BCUT2D eigenvalue weighted by atomic mass is 10.1. The van der Waals surface area contributed by atoms with Crippen LogP contribution in [-0.4, -0.2) is 44.9 Å². The number of fused-ring (bicyclic) bond motifs is 2. The van der Waals surface area contributed by atoms with Gasteiger partial charge in [0.25, 0.3) is 11.7 Å². The lowest BCUT2D eigenvalue weighted by Crippen LogP contribution is -2.39. The Labute approximate surface area is 171 Å². The maximum atomic E-state index is 13.8. The van der Waals surface area contributed by atoms with Crippen LogP contribution >= 0.6 is 0 Å². The summed E-state index contributed by atoms with van der Waals surface area (Å²) in [7, 11) is -3.74. The Hall–Kier alpha value is -2.40. The molecule has 5 rings (SSSR count). The minimum absolute atomic E-state index is 0.0292. The zero-order valence-electron chi connectivity index (χ0n) is 15.8. The van der Waals surface area contributed by atoms with Gasteiger partial charge in [0.2, 0.25) is 10.0 Å². The van der Waals surface area contributed by atoms with E-state index in [9.17, 15) is 22.0 Å². The van der Waals surface area contributed by atoms with Gasteiger partial charge in [-0.15, -0.1) is 0 Å². The summed E-state index contributed by atoms with van der Waals surface area (Å²) in [4.78, 5) is 14.5. The van der Waals surface area contributed by atoms with Crippen LogP contribution in [-0.2, 0) is 30.1 Å². The summed E-state index contributed by atoms with van der Waals surface area (Å²) < 4.78 is 66.0. The highest BCUT2D eigenvalue weighted by molar-refractivity contribution is 7.89. The van der Waals surface area contributed by atoms with E-state index in [1.54, 1.807) is 0 Å². The second kappa shape index (κ2) is 6.81. The Balaban J connectivity index is 1.66. The quantitative estimate of drug-likeness (QED) is 0.740. The maximum Gasteiger partial charge on any atom is 0.297 e. The van der Waals surface area contributed by atoms with Crippen molar-refractivity contribution >= 4 is 27.3 Å². The second-order valence-electron chi connectivity index (χ2n) is 7.34. The summed E-state index contributed by atoms with van der Waals surface area (Å²) in [5, 5.41) is 0. The Morgan fingerprint density at radius 3 is 2.30 bits per heavy atom. The fourth-order valence-electron chi connectivity index (χ4n) is 4.16. The Kier molecular flexibility index (Phi) is 4.44. The summed E-state index contributed by atoms with van der Waals surface area (Å²) in [6, 6.07) is 7.35. The summed E-state index contributed by atoms with van der Waals surface area (Å²) >= 11 is 0. The lowest BCUT2D eigenvalue weighted by molar-refractivity contribution is -0.180. The van der Waals surface area contributed by atoms with E-state index in [0.29, 0.717) is 18.8 Å². The molecule has 10 heteroatoms. The number of rotatable bonds is 3. The first-order chi connectivity index (χ1) is 14.3. The van der Waals surface area contributed by atoms with Crippen LogP contribution < -0.4 is 4.90 Å². The van der Waals surface area contributed by atoms with Crippen molar-refractivity contribution in [2.24, 2.45) is 0 Å². The van der Waals surface area contributed by atoms with Gasteiger partial charge in [-0.1, -0.05) is 0 Å². The number of benzene rings is 2. The highest BCUT2D eigenvalue weighted by Gasteiger charge is 2.57. The van der Waals surface area contributed by atoms with Crippen LogP contribution in [0.5, 0.6) is 0 Å². The predicted molar refractivity (Wildman–Crippen MR) is 102 cm³/mol. The number of carbonyl (C=O) groups excluding carboxylic acids is 1. The molecule has 0 bridgehead atoms. The number of carbonyl (C=O) groups is 1. The maximum absolute atomic E-state index is 13.8. The van der Waals surface area contributed by atoms with Gasteiger partial charge in [0.05, 0.1) is 29.5 Å². The molecule has 0 unspecified atom stereocenters. The van der Waals surface area contributed by atoms with E-state index < -0.39 is 33.4 Å². The molecule has 7 nitrogen and oxygen atoms in total. The molecule has 0 N–H and O–H groups in total. The molecule has 158 valence electrons. The molecule has 2 aromatic carbocycles. The van der Waals surface area contributed by atoms with Crippen LogP contribution in [0.2, 0.25) is 0 Å². The molecular weight excluding hydrogens is 418 g/mol. The average molecular weight is 436 g/mol. The average Bonchev–Trinajstić information content (AvgIpc) is 3.47. The molecule has 2 fully saturated rings. The van der Waals surface area contributed by atoms with E-state index in [-0.39, 0.29) is 29.4 Å². The van der Waals surface area contributed by atoms with E-state index in [1.807, 2.05) is 0 Å². The molecule has 1 spiro atoms. The number of amides is 1. The third kappa shape index (κ3) is 2.71. The van der Waals surface area contributed by atoms with Gasteiger partial charge < -0.3 is 9.47 Å². The number of sulfonamides is 1. The molecule has 2 aromatic rings. The van der Waals surface area contributed by atoms with E-state index in [2.05, 4.69) is 0 Å². The topological polar surface area (TPSA) is 76.2 Å². The van der Waals surface area contributed by atoms with Crippen LogP contribution in [0, 0.1) is 11.6 Å². The van der Waals surface area contributed by atoms with Crippen LogP contribution in [0.3, 0.4) is 0 Å².